The van der Waals surface area contributed by atoms with Crippen molar-refractivity contribution < 1.29 is 19.0 Å². The fourth-order valence-corrected chi connectivity index (χ4v) is 3.31. The predicted molar refractivity (Wildman–Crippen MR) is 79.9 cm³/mol. The summed E-state index contributed by atoms with van der Waals surface area (Å²) in [7, 11) is 0. The Morgan fingerprint density at radius 2 is 1.82 bits per heavy atom. The number of hydrogen-bond donors (Lipinski definition) is 2. The lowest BCUT2D eigenvalue weighted by Gasteiger charge is -2.40. The van der Waals surface area contributed by atoms with Crippen molar-refractivity contribution in [3.63, 3.8) is 0 Å². The molecule has 1 aromatic rings. The molecule has 5 heteroatoms. The van der Waals surface area contributed by atoms with Crippen LogP contribution in [-0.4, -0.2) is 36.4 Å². The normalized spacial score (nSPS) is 22.6. The van der Waals surface area contributed by atoms with Crippen molar-refractivity contribution in [3.05, 3.63) is 35.6 Å². The summed E-state index contributed by atoms with van der Waals surface area (Å²) in [5.74, 6) is -0.405. The van der Waals surface area contributed by atoms with E-state index in [9.17, 15) is 14.3 Å². The Labute approximate surface area is 129 Å². The third-order valence-corrected chi connectivity index (χ3v) is 5.04. The van der Waals surface area contributed by atoms with Crippen LogP contribution in [0.5, 0.6) is 0 Å². The number of carbonyl (C=O) groups excluding carboxylic acids is 1. The quantitative estimate of drug-likeness (QED) is 0.893. The number of nitrogens with one attached hydrogen (secondary N) is 1. The van der Waals surface area contributed by atoms with Crippen LogP contribution < -0.4 is 5.32 Å². The zero-order valence-corrected chi connectivity index (χ0v) is 12.6. The maximum absolute atomic E-state index is 13.2. The third-order valence-electron chi connectivity index (χ3n) is 5.04. The number of aliphatic hydroxyl groups is 1. The SMILES string of the molecule is O=C(NCC1(O)CCC1)C1(c2ccc(F)cc2)CCOCC1. The van der Waals surface area contributed by atoms with Gasteiger partial charge in [0, 0.05) is 19.8 Å². The number of amides is 1. The Morgan fingerprint density at radius 3 is 2.36 bits per heavy atom. The Morgan fingerprint density at radius 1 is 1.18 bits per heavy atom. The molecule has 3 rings (SSSR count). The molecule has 1 aliphatic heterocycles. The van der Waals surface area contributed by atoms with Gasteiger partial charge < -0.3 is 15.2 Å². The number of benzene rings is 1. The molecule has 0 bridgehead atoms. The second kappa shape index (κ2) is 5.97. The standard InChI is InChI=1S/C17H22FNO3/c18-14-4-2-13(3-5-14)17(8-10-22-11-9-17)15(20)19-12-16(21)6-1-7-16/h2-5,21H,1,6-12H2,(H,19,20). The van der Waals surface area contributed by atoms with Gasteiger partial charge in [-0.2, -0.15) is 0 Å². The van der Waals surface area contributed by atoms with Crippen LogP contribution in [0.4, 0.5) is 4.39 Å². The van der Waals surface area contributed by atoms with E-state index in [1.54, 1.807) is 12.1 Å². The fraction of sp³-hybridized carbons (Fsp3) is 0.588. The van der Waals surface area contributed by atoms with Gasteiger partial charge in [-0.3, -0.25) is 4.79 Å². The first-order valence-corrected chi connectivity index (χ1v) is 7.89. The molecule has 1 aliphatic carbocycles. The van der Waals surface area contributed by atoms with E-state index in [-0.39, 0.29) is 18.3 Å². The lowest BCUT2D eigenvalue weighted by Crippen LogP contribution is -2.54. The molecule has 1 heterocycles. The van der Waals surface area contributed by atoms with E-state index in [2.05, 4.69) is 5.32 Å². The molecule has 1 saturated heterocycles. The van der Waals surface area contributed by atoms with Crippen LogP contribution in [0, 0.1) is 5.82 Å². The Bertz CT molecular complexity index is 533. The van der Waals surface area contributed by atoms with Crippen LogP contribution in [0.25, 0.3) is 0 Å². The smallest absolute Gasteiger partial charge is 0.230 e. The van der Waals surface area contributed by atoms with Crippen molar-refractivity contribution in [1.29, 1.82) is 0 Å². The first-order valence-electron chi connectivity index (χ1n) is 7.89. The van der Waals surface area contributed by atoms with E-state index in [1.165, 1.54) is 12.1 Å². The Kier molecular flexibility index (Phi) is 4.19. The highest BCUT2D eigenvalue weighted by Crippen LogP contribution is 2.36. The molecule has 2 fully saturated rings. The number of carbonyl (C=O) groups is 1. The second-order valence-corrected chi connectivity index (χ2v) is 6.46. The zero-order valence-electron chi connectivity index (χ0n) is 12.6. The maximum Gasteiger partial charge on any atom is 0.230 e. The lowest BCUT2D eigenvalue weighted by atomic mass is 9.73. The maximum atomic E-state index is 13.2. The van der Waals surface area contributed by atoms with Gasteiger partial charge in [0.25, 0.3) is 0 Å². The van der Waals surface area contributed by atoms with Crippen LogP contribution in [0.3, 0.4) is 0 Å². The van der Waals surface area contributed by atoms with Gasteiger partial charge in [0.05, 0.1) is 11.0 Å². The van der Waals surface area contributed by atoms with E-state index in [1.807, 2.05) is 0 Å². The van der Waals surface area contributed by atoms with Crippen LogP contribution in [0.15, 0.2) is 24.3 Å². The molecule has 120 valence electrons. The number of hydrogen-bond acceptors (Lipinski definition) is 3. The van der Waals surface area contributed by atoms with Gasteiger partial charge in [0.2, 0.25) is 5.91 Å². The molecular formula is C17H22FNO3. The van der Waals surface area contributed by atoms with Crippen LogP contribution in [0.2, 0.25) is 0 Å². The van der Waals surface area contributed by atoms with Crippen molar-refractivity contribution in [1.82, 2.24) is 5.32 Å². The highest BCUT2D eigenvalue weighted by Gasteiger charge is 2.43. The number of rotatable bonds is 4. The van der Waals surface area contributed by atoms with Crippen molar-refractivity contribution in [2.45, 2.75) is 43.1 Å². The summed E-state index contributed by atoms with van der Waals surface area (Å²) < 4.78 is 18.6. The minimum atomic E-state index is -0.745. The monoisotopic (exact) mass is 307 g/mol. The molecule has 0 radical (unpaired) electrons. The molecule has 2 N–H and O–H groups in total. The molecule has 1 saturated carbocycles. The average molecular weight is 307 g/mol. The summed E-state index contributed by atoms with van der Waals surface area (Å²) in [6.07, 6.45) is 3.62. The van der Waals surface area contributed by atoms with E-state index in [0.29, 0.717) is 26.1 Å². The van der Waals surface area contributed by atoms with Crippen LogP contribution >= 0.6 is 0 Å². The fourth-order valence-electron chi connectivity index (χ4n) is 3.31. The first-order chi connectivity index (χ1) is 10.5. The van der Waals surface area contributed by atoms with E-state index < -0.39 is 11.0 Å². The molecule has 1 aromatic carbocycles. The highest BCUT2D eigenvalue weighted by molar-refractivity contribution is 5.88. The summed E-state index contributed by atoms with van der Waals surface area (Å²) in [4.78, 5) is 12.8. The van der Waals surface area contributed by atoms with Crippen LogP contribution in [-0.2, 0) is 14.9 Å². The molecule has 2 aliphatic rings. The van der Waals surface area contributed by atoms with E-state index in [4.69, 9.17) is 4.74 Å². The Balaban J connectivity index is 1.78. The van der Waals surface area contributed by atoms with Crippen molar-refractivity contribution in [3.8, 4) is 0 Å². The lowest BCUT2D eigenvalue weighted by molar-refractivity contribution is -0.132. The van der Waals surface area contributed by atoms with Gasteiger partial charge in [-0.1, -0.05) is 12.1 Å². The summed E-state index contributed by atoms with van der Waals surface area (Å²) in [6, 6.07) is 6.13. The zero-order chi connectivity index (χ0) is 15.6. The topological polar surface area (TPSA) is 58.6 Å². The molecule has 4 nitrogen and oxygen atoms in total. The van der Waals surface area contributed by atoms with Gasteiger partial charge in [-0.25, -0.2) is 4.39 Å². The summed E-state index contributed by atoms with van der Waals surface area (Å²) in [6.45, 7) is 1.31. The molecule has 22 heavy (non-hydrogen) atoms. The van der Waals surface area contributed by atoms with Gasteiger partial charge >= 0.3 is 0 Å². The van der Waals surface area contributed by atoms with Crippen LogP contribution in [0.1, 0.15) is 37.7 Å². The molecule has 0 spiro atoms. The van der Waals surface area contributed by atoms with Crippen molar-refractivity contribution >= 4 is 5.91 Å². The number of halogens is 1. The molecule has 1 amide bonds. The average Bonchev–Trinajstić information content (AvgIpc) is 2.52. The molecular weight excluding hydrogens is 285 g/mol. The Hall–Kier alpha value is -1.46. The third kappa shape index (κ3) is 2.88. The molecule has 0 atom stereocenters. The summed E-state index contributed by atoms with van der Waals surface area (Å²) >= 11 is 0. The van der Waals surface area contributed by atoms with Gasteiger partial charge in [-0.05, 0) is 49.8 Å². The minimum absolute atomic E-state index is 0.0947. The van der Waals surface area contributed by atoms with E-state index >= 15 is 0 Å². The first kappa shape index (κ1) is 15.4. The largest absolute Gasteiger partial charge is 0.388 e. The van der Waals surface area contributed by atoms with Crippen molar-refractivity contribution in [2.75, 3.05) is 19.8 Å². The van der Waals surface area contributed by atoms with Gasteiger partial charge in [0.15, 0.2) is 0 Å². The van der Waals surface area contributed by atoms with Gasteiger partial charge in [0.1, 0.15) is 5.82 Å². The van der Waals surface area contributed by atoms with Gasteiger partial charge in [-0.15, -0.1) is 0 Å². The summed E-state index contributed by atoms with van der Waals surface area (Å²) in [5.41, 5.74) is -0.619. The molecule has 0 aromatic heterocycles. The minimum Gasteiger partial charge on any atom is -0.388 e. The predicted octanol–water partition coefficient (Wildman–Crippen LogP) is 1.91. The van der Waals surface area contributed by atoms with Crippen molar-refractivity contribution in [2.24, 2.45) is 0 Å². The highest BCUT2D eigenvalue weighted by atomic mass is 19.1. The summed E-state index contributed by atoms with van der Waals surface area (Å²) in [5, 5.41) is 13.1. The molecule has 0 unspecified atom stereocenters. The van der Waals surface area contributed by atoms with E-state index in [0.717, 1.165) is 24.8 Å². The number of ether oxygens (including phenoxy) is 1. The second-order valence-electron chi connectivity index (χ2n) is 6.46.